The summed E-state index contributed by atoms with van der Waals surface area (Å²) in [4.78, 5) is 27.4. The molecule has 0 atom stereocenters. The Kier molecular flexibility index (Phi) is 2.60. The molecule has 0 saturated heterocycles. The second-order valence-corrected chi connectivity index (χ2v) is 3.76. The van der Waals surface area contributed by atoms with E-state index in [1.54, 1.807) is 24.3 Å². The Morgan fingerprint density at radius 2 is 2.11 bits per heavy atom. The third-order valence-corrected chi connectivity index (χ3v) is 2.51. The molecule has 0 aliphatic carbocycles. The molecular weight excluding hydrogens is 248 g/mol. The predicted octanol–water partition coefficient (Wildman–Crippen LogP) is 2.03. The lowest BCUT2D eigenvalue weighted by Crippen LogP contribution is -2.15. The molecule has 3 aromatic rings. The van der Waals surface area contributed by atoms with E-state index in [2.05, 4.69) is 10.3 Å². The van der Waals surface area contributed by atoms with Gasteiger partial charge in [0.05, 0.1) is 11.6 Å². The van der Waals surface area contributed by atoms with Crippen LogP contribution in [0.25, 0.3) is 11.0 Å². The van der Waals surface area contributed by atoms with Crippen LogP contribution in [0, 0.1) is 0 Å². The Morgan fingerprint density at radius 1 is 1.26 bits per heavy atom. The molecule has 6 heteroatoms. The van der Waals surface area contributed by atoms with Gasteiger partial charge in [0.15, 0.2) is 11.2 Å². The van der Waals surface area contributed by atoms with Crippen LogP contribution in [0.3, 0.4) is 0 Å². The standard InChI is InChI=1S/C13H8N2O4/c16-9-7-11(12(17)15-13-14-5-6-18-13)19-10-4-2-1-3-8(9)10/h1-7H,(H,14,15,17). The van der Waals surface area contributed by atoms with Gasteiger partial charge in [-0.2, -0.15) is 0 Å². The van der Waals surface area contributed by atoms with E-state index in [0.717, 1.165) is 6.07 Å². The fourth-order valence-corrected chi connectivity index (χ4v) is 1.66. The normalized spacial score (nSPS) is 10.5. The quantitative estimate of drug-likeness (QED) is 0.758. The number of rotatable bonds is 2. The number of nitrogens with zero attached hydrogens (tertiary/aromatic N) is 1. The lowest BCUT2D eigenvalue weighted by molar-refractivity contribution is 0.0994. The Bertz CT molecular complexity index is 790. The van der Waals surface area contributed by atoms with Crippen LogP contribution in [0.5, 0.6) is 0 Å². The molecule has 19 heavy (non-hydrogen) atoms. The number of para-hydroxylation sites is 1. The number of oxazole rings is 1. The smallest absolute Gasteiger partial charge is 0.301 e. The average Bonchev–Trinajstić information content (AvgIpc) is 2.91. The molecular formula is C13H8N2O4. The summed E-state index contributed by atoms with van der Waals surface area (Å²) in [6, 6.07) is 7.89. The van der Waals surface area contributed by atoms with E-state index in [1.165, 1.54) is 12.5 Å². The first-order valence-corrected chi connectivity index (χ1v) is 5.48. The van der Waals surface area contributed by atoms with Crippen molar-refractivity contribution in [2.45, 2.75) is 0 Å². The topological polar surface area (TPSA) is 85.3 Å². The maximum atomic E-state index is 11.9. The molecule has 1 aromatic carbocycles. The van der Waals surface area contributed by atoms with Crippen LogP contribution in [-0.4, -0.2) is 10.9 Å². The zero-order valence-corrected chi connectivity index (χ0v) is 9.62. The van der Waals surface area contributed by atoms with Crippen LogP contribution in [0.4, 0.5) is 6.01 Å². The highest BCUT2D eigenvalue weighted by atomic mass is 16.4. The van der Waals surface area contributed by atoms with Crippen molar-refractivity contribution in [3.05, 3.63) is 58.8 Å². The Hall–Kier alpha value is -2.89. The van der Waals surface area contributed by atoms with Gasteiger partial charge in [-0.3, -0.25) is 14.9 Å². The predicted molar refractivity (Wildman–Crippen MR) is 66.9 cm³/mol. The van der Waals surface area contributed by atoms with Gasteiger partial charge in [0.2, 0.25) is 0 Å². The van der Waals surface area contributed by atoms with E-state index in [9.17, 15) is 9.59 Å². The van der Waals surface area contributed by atoms with Crippen molar-refractivity contribution in [3.8, 4) is 0 Å². The summed E-state index contributed by atoms with van der Waals surface area (Å²) in [6.45, 7) is 0. The molecule has 3 rings (SSSR count). The maximum Gasteiger partial charge on any atom is 0.301 e. The van der Waals surface area contributed by atoms with Gasteiger partial charge in [-0.05, 0) is 12.1 Å². The van der Waals surface area contributed by atoms with E-state index in [4.69, 9.17) is 8.83 Å². The average molecular weight is 256 g/mol. The molecule has 94 valence electrons. The SMILES string of the molecule is O=C(Nc1ncco1)c1cc(=O)c2ccccc2o1. The minimum Gasteiger partial charge on any atom is -0.451 e. The zero-order valence-electron chi connectivity index (χ0n) is 9.62. The number of hydrogen-bond donors (Lipinski definition) is 1. The zero-order chi connectivity index (χ0) is 13.2. The number of aromatic nitrogens is 1. The van der Waals surface area contributed by atoms with Crippen molar-refractivity contribution >= 4 is 22.9 Å². The fourth-order valence-electron chi connectivity index (χ4n) is 1.66. The third kappa shape index (κ3) is 2.11. The highest BCUT2D eigenvalue weighted by Crippen LogP contribution is 2.13. The van der Waals surface area contributed by atoms with Gasteiger partial charge >= 0.3 is 6.01 Å². The second kappa shape index (κ2) is 4.41. The van der Waals surface area contributed by atoms with Crippen molar-refractivity contribution in [1.29, 1.82) is 0 Å². The summed E-state index contributed by atoms with van der Waals surface area (Å²) in [5.74, 6) is -0.688. The van der Waals surface area contributed by atoms with E-state index in [-0.39, 0.29) is 17.2 Å². The molecule has 0 saturated carbocycles. The molecule has 0 radical (unpaired) electrons. The summed E-state index contributed by atoms with van der Waals surface area (Å²) in [6.07, 6.45) is 2.72. The van der Waals surface area contributed by atoms with Gasteiger partial charge in [-0.1, -0.05) is 12.1 Å². The number of nitrogens with one attached hydrogen (secondary N) is 1. The van der Waals surface area contributed by atoms with Crippen molar-refractivity contribution in [2.75, 3.05) is 5.32 Å². The van der Waals surface area contributed by atoms with E-state index in [1.807, 2.05) is 0 Å². The van der Waals surface area contributed by atoms with Gasteiger partial charge in [0.1, 0.15) is 11.8 Å². The summed E-state index contributed by atoms with van der Waals surface area (Å²) in [7, 11) is 0. The lowest BCUT2D eigenvalue weighted by Gasteiger charge is -2.01. The highest BCUT2D eigenvalue weighted by Gasteiger charge is 2.13. The number of carbonyl (C=O) groups is 1. The number of benzene rings is 1. The van der Waals surface area contributed by atoms with Crippen LogP contribution in [0.2, 0.25) is 0 Å². The second-order valence-electron chi connectivity index (χ2n) is 3.76. The summed E-state index contributed by atoms with van der Waals surface area (Å²) in [5.41, 5.74) is 0.0759. The van der Waals surface area contributed by atoms with Crippen LogP contribution in [0.15, 0.2) is 56.4 Å². The van der Waals surface area contributed by atoms with Crippen molar-refractivity contribution in [3.63, 3.8) is 0 Å². The number of carbonyl (C=O) groups excluding carboxylic acids is 1. The lowest BCUT2D eigenvalue weighted by atomic mass is 10.2. The van der Waals surface area contributed by atoms with Crippen LogP contribution >= 0.6 is 0 Å². The molecule has 1 amide bonds. The van der Waals surface area contributed by atoms with Gasteiger partial charge in [-0.15, -0.1) is 0 Å². The number of amides is 1. The summed E-state index contributed by atoms with van der Waals surface area (Å²) >= 11 is 0. The monoisotopic (exact) mass is 256 g/mol. The van der Waals surface area contributed by atoms with Crippen LogP contribution in [-0.2, 0) is 0 Å². The van der Waals surface area contributed by atoms with Gasteiger partial charge in [0.25, 0.3) is 5.91 Å². The van der Waals surface area contributed by atoms with E-state index < -0.39 is 5.91 Å². The first kappa shape index (κ1) is 11.2. The molecule has 2 aromatic heterocycles. The van der Waals surface area contributed by atoms with E-state index >= 15 is 0 Å². The number of hydrogen-bond acceptors (Lipinski definition) is 5. The van der Waals surface area contributed by atoms with Crippen LogP contribution < -0.4 is 10.7 Å². The Labute approximate surface area is 106 Å². The molecule has 0 bridgehead atoms. The molecule has 2 heterocycles. The molecule has 0 fully saturated rings. The van der Waals surface area contributed by atoms with E-state index in [0.29, 0.717) is 11.0 Å². The number of anilines is 1. The van der Waals surface area contributed by atoms with Gasteiger partial charge < -0.3 is 8.83 Å². The van der Waals surface area contributed by atoms with Crippen LogP contribution in [0.1, 0.15) is 10.6 Å². The molecule has 0 aliphatic heterocycles. The molecule has 0 spiro atoms. The first-order chi connectivity index (χ1) is 9.24. The van der Waals surface area contributed by atoms with Crippen molar-refractivity contribution < 1.29 is 13.6 Å². The minimum absolute atomic E-state index is 0.0424. The highest BCUT2D eigenvalue weighted by molar-refractivity contribution is 6.01. The summed E-state index contributed by atoms with van der Waals surface area (Å²) in [5, 5.41) is 2.81. The maximum absolute atomic E-state index is 11.9. The third-order valence-electron chi connectivity index (χ3n) is 2.51. The van der Waals surface area contributed by atoms with Gasteiger partial charge in [-0.25, -0.2) is 4.98 Å². The van der Waals surface area contributed by atoms with Crippen molar-refractivity contribution in [1.82, 2.24) is 4.98 Å². The fraction of sp³-hybridized carbons (Fsp3) is 0. The molecule has 0 unspecified atom stereocenters. The Morgan fingerprint density at radius 3 is 2.89 bits per heavy atom. The van der Waals surface area contributed by atoms with Gasteiger partial charge in [0, 0.05) is 6.07 Å². The first-order valence-electron chi connectivity index (χ1n) is 5.48. The largest absolute Gasteiger partial charge is 0.451 e. The molecule has 6 nitrogen and oxygen atoms in total. The Balaban J connectivity index is 2.01. The minimum atomic E-state index is -0.592. The summed E-state index contributed by atoms with van der Waals surface area (Å²) < 4.78 is 10.3. The molecule has 1 N–H and O–H groups in total. The van der Waals surface area contributed by atoms with Crippen molar-refractivity contribution in [2.24, 2.45) is 0 Å². The molecule has 0 aliphatic rings. The number of fused-ring (bicyclic) bond motifs is 1.